The van der Waals surface area contributed by atoms with E-state index in [1.165, 1.54) is 0 Å². The van der Waals surface area contributed by atoms with Crippen LogP contribution in [0.2, 0.25) is 0 Å². The maximum absolute atomic E-state index is 12.6. The number of carbonyl (C=O) groups excluding carboxylic acids is 2. The Morgan fingerprint density at radius 3 is 2.71 bits per heavy atom. The van der Waals surface area contributed by atoms with Gasteiger partial charge in [-0.15, -0.1) is 0 Å². The van der Waals surface area contributed by atoms with Crippen molar-refractivity contribution in [3.05, 3.63) is 23.0 Å². The van der Waals surface area contributed by atoms with Crippen molar-refractivity contribution in [1.82, 2.24) is 20.4 Å². The van der Waals surface area contributed by atoms with Crippen LogP contribution in [0.15, 0.2) is 10.6 Å². The number of hydrogen-bond acceptors (Lipinski definition) is 5. The summed E-state index contributed by atoms with van der Waals surface area (Å²) in [5.41, 5.74) is 2.19. The van der Waals surface area contributed by atoms with E-state index in [2.05, 4.69) is 15.5 Å². The molecular formula is C17H22N4O3. The lowest BCUT2D eigenvalue weighted by Gasteiger charge is -2.15. The molecule has 2 aromatic heterocycles. The smallest absolute Gasteiger partial charge is 0.259 e. The van der Waals surface area contributed by atoms with Crippen LogP contribution in [0, 0.1) is 6.92 Å². The molecule has 1 saturated heterocycles. The number of hydrogen-bond donors (Lipinski definition) is 1. The number of rotatable bonds is 4. The Morgan fingerprint density at radius 1 is 1.33 bits per heavy atom. The Balaban J connectivity index is 1.83. The summed E-state index contributed by atoms with van der Waals surface area (Å²) in [6, 6.07) is 1.76. The predicted octanol–water partition coefficient (Wildman–Crippen LogP) is 2.01. The van der Waals surface area contributed by atoms with Crippen LogP contribution >= 0.6 is 0 Å². The molecule has 0 atom stereocenters. The molecule has 2 aromatic rings. The van der Waals surface area contributed by atoms with Crippen LogP contribution in [-0.2, 0) is 4.79 Å². The molecule has 0 aliphatic carbocycles. The lowest BCUT2D eigenvalue weighted by molar-refractivity contribution is -0.129. The highest BCUT2D eigenvalue weighted by atomic mass is 16.5. The van der Waals surface area contributed by atoms with E-state index in [1.807, 2.05) is 13.8 Å². The molecule has 2 amide bonds. The Morgan fingerprint density at radius 2 is 2.04 bits per heavy atom. The molecule has 0 saturated carbocycles. The van der Waals surface area contributed by atoms with Gasteiger partial charge in [0.1, 0.15) is 0 Å². The van der Waals surface area contributed by atoms with E-state index in [4.69, 9.17) is 4.52 Å². The number of carbonyl (C=O) groups is 2. The SMILES string of the molecule is Cc1noc2nc(C(C)C)cc(C(=O)NCC(=O)N3CCCC3)c12. The molecule has 0 bridgehead atoms. The van der Waals surface area contributed by atoms with Crippen molar-refractivity contribution in [3.63, 3.8) is 0 Å². The largest absolute Gasteiger partial charge is 0.343 e. The molecule has 3 rings (SSSR count). The Labute approximate surface area is 140 Å². The van der Waals surface area contributed by atoms with Gasteiger partial charge >= 0.3 is 0 Å². The topological polar surface area (TPSA) is 88.3 Å². The highest BCUT2D eigenvalue weighted by molar-refractivity contribution is 6.06. The summed E-state index contributed by atoms with van der Waals surface area (Å²) >= 11 is 0. The lowest BCUT2D eigenvalue weighted by Crippen LogP contribution is -2.38. The van der Waals surface area contributed by atoms with Gasteiger partial charge in [-0.3, -0.25) is 9.59 Å². The Hall–Kier alpha value is -2.44. The molecule has 0 radical (unpaired) electrons. The quantitative estimate of drug-likeness (QED) is 0.926. The number of fused-ring (bicyclic) bond motifs is 1. The van der Waals surface area contributed by atoms with Gasteiger partial charge in [0.15, 0.2) is 0 Å². The van der Waals surface area contributed by atoms with Crippen LogP contribution in [0.5, 0.6) is 0 Å². The first-order valence-corrected chi connectivity index (χ1v) is 8.30. The minimum Gasteiger partial charge on any atom is -0.343 e. The molecule has 128 valence electrons. The zero-order chi connectivity index (χ0) is 17.3. The first kappa shape index (κ1) is 16.4. The first-order valence-electron chi connectivity index (χ1n) is 8.30. The lowest BCUT2D eigenvalue weighted by atomic mass is 10.0. The van der Waals surface area contributed by atoms with Crippen molar-refractivity contribution >= 4 is 22.9 Å². The minimum absolute atomic E-state index is 0.00396. The van der Waals surface area contributed by atoms with Gasteiger partial charge in [0, 0.05) is 18.8 Å². The fourth-order valence-corrected chi connectivity index (χ4v) is 2.92. The summed E-state index contributed by atoms with van der Waals surface area (Å²) in [4.78, 5) is 30.9. The van der Waals surface area contributed by atoms with E-state index in [9.17, 15) is 9.59 Å². The van der Waals surface area contributed by atoms with E-state index in [0.29, 0.717) is 22.4 Å². The molecule has 1 fully saturated rings. The van der Waals surface area contributed by atoms with Gasteiger partial charge in [-0.2, -0.15) is 0 Å². The third-order valence-electron chi connectivity index (χ3n) is 4.33. The monoisotopic (exact) mass is 330 g/mol. The van der Waals surface area contributed by atoms with Crippen molar-refractivity contribution in [3.8, 4) is 0 Å². The van der Waals surface area contributed by atoms with Crippen LogP contribution in [0.1, 0.15) is 54.4 Å². The molecule has 0 aromatic carbocycles. The molecule has 0 spiro atoms. The Bertz CT molecular complexity index is 775. The van der Waals surface area contributed by atoms with Crippen molar-refractivity contribution in [2.45, 2.75) is 39.5 Å². The van der Waals surface area contributed by atoms with Gasteiger partial charge in [0.25, 0.3) is 11.6 Å². The number of nitrogens with one attached hydrogen (secondary N) is 1. The normalized spacial score (nSPS) is 14.6. The zero-order valence-electron chi connectivity index (χ0n) is 14.3. The average molecular weight is 330 g/mol. The molecule has 7 nitrogen and oxygen atoms in total. The maximum atomic E-state index is 12.6. The first-order chi connectivity index (χ1) is 11.5. The number of aromatic nitrogens is 2. The summed E-state index contributed by atoms with van der Waals surface area (Å²) in [5.74, 6) is -0.196. The second-order valence-electron chi connectivity index (χ2n) is 6.47. The van der Waals surface area contributed by atoms with Crippen LogP contribution in [0.4, 0.5) is 0 Å². The second-order valence-corrected chi connectivity index (χ2v) is 6.47. The van der Waals surface area contributed by atoms with E-state index < -0.39 is 0 Å². The van der Waals surface area contributed by atoms with Gasteiger partial charge in [-0.1, -0.05) is 19.0 Å². The van der Waals surface area contributed by atoms with Crippen molar-refractivity contribution in [2.75, 3.05) is 19.6 Å². The summed E-state index contributed by atoms with van der Waals surface area (Å²) in [7, 11) is 0. The summed E-state index contributed by atoms with van der Waals surface area (Å²) in [6.07, 6.45) is 2.06. The van der Waals surface area contributed by atoms with Crippen LogP contribution in [0.3, 0.4) is 0 Å². The van der Waals surface area contributed by atoms with Crippen LogP contribution in [-0.4, -0.2) is 46.5 Å². The molecule has 24 heavy (non-hydrogen) atoms. The van der Waals surface area contributed by atoms with E-state index in [1.54, 1.807) is 17.9 Å². The van der Waals surface area contributed by atoms with E-state index in [-0.39, 0.29) is 24.3 Å². The standard InChI is InChI=1S/C17H22N4O3/c1-10(2)13-8-12(15-11(3)20-24-17(15)19-13)16(23)18-9-14(22)21-6-4-5-7-21/h8,10H,4-7,9H2,1-3H3,(H,18,23). The summed E-state index contributed by atoms with van der Waals surface area (Å²) in [6.45, 7) is 7.32. The minimum atomic E-state index is -0.303. The fraction of sp³-hybridized carbons (Fsp3) is 0.529. The molecule has 0 unspecified atom stereocenters. The highest BCUT2D eigenvalue weighted by Gasteiger charge is 2.22. The van der Waals surface area contributed by atoms with Gasteiger partial charge < -0.3 is 14.7 Å². The van der Waals surface area contributed by atoms with Gasteiger partial charge in [-0.05, 0) is 31.7 Å². The summed E-state index contributed by atoms with van der Waals surface area (Å²) in [5, 5.41) is 7.23. The predicted molar refractivity (Wildman–Crippen MR) is 88.8 cm³/mol. The Kier molecular flexibility index (Phi) is 4.51. The highest BCUT2D eigenvalue weighted by Crippen LogP contribution is 2.25. The molecule has 1 aliphatic heterocycles. The van der Waals surface area contributed by atoms with E-state index in [0.717, 1.165) is 31.6 Å². The van der Waals surface area contributed by atoms with Crippen LogP contribution in [0.25, 0.3) is 11.1 Å². The molecule has 1 N–H and O–H groups in total. The van der Waals surface area contributed by atoms with Gasteiger partial charge in [0.2, 0.25) is 5.91 Å². The summed E-state index contributed by atoms with van der Waals surface area (Å²) < 4.78 is 5.22. The third-order valence-corrected chi connectivity index (χ3v) is 4.33. The van der Waals surface area contributed by atoms with Crippen molar-refractivity contribution < 1.29 is 14.1 Å². The third kappa shape index (κ3) is 3.11. The maximum Gasteiger partial charge on any atom is 0.259 e. The molecular weight excluding hydrogens is 308 g/mol. The van der Waals surface area contributed by atoms with Gasteiger partial charge in [0.05, 0.1) is 23.2 Å². The number of likely N-dealkylation sites (tertiary alicyclic amines) is 1. The average Bonchev–Trinajstić information content (AvgIpc) is 3.21. The fourth-order valence-electron chi connectivity index (χ4n) is 2.92. The van der Waals surface area contributed by atoms with Crippen molar-refractivity contribution in [2.24, 2.45) is 0 Å². The number of aryl methyl sites for hydroxylation is 1. The molecule has 3 heterocycles. The van der Waals surface area contributed by atoms with Gasteiger partial charge in [-0.25, -0.2) is 4.98 Å². The number of amides is 2. The number of nitrogens with zero attached hydrogens (tertiary/aromatic N) is 3. The zero-order valence-corrected chi connectivity index (χ0v) is 14.3. The number of pyridine rings is 1. The second kappa shape index (κ2) is 6.59. The molecule has 7 heteroatoms. The molecule has 1 aliphatic rings. The van der Waals surface area contributed by atoms with Crippen LogP contribution < -0.4 is 5.32 Å². The van der Waals surface area contributed by atoms with Crippen molar-refractivity contribution in [1.29, 1.82) is 0 Å². The van der Waals surface area contributed by atoms with E-state index >= 15 is 0 Å².